The van der Waals surface area contributed by atoms with Crippen molar-refractivity contribution in [2.75, 3.05) is 6.54 Å². The SMILES string of the molecule is CC(NC1CCCNC(=O)C1)c1nccs1. The van der Waals surface area contributed by atoms with E-state index in [1.165, 1.54) is 0 Å². The number of carbonyl (C=O) groups is 1. The third kappa shape index (κ3) is 3.02. The summed E-state index contributed by atoms with van der Waals surface area (Å²) in [5.41, 5.74) is 0. The molecule has 5 heteroatoms. The first-order valence-electron chi connectivity index (χ1n) is 5.68. The van der Waals surface area contributed by atoms with E-state index in [0.717, 1.165) is 24.4 Å². The lowest BCUT2D eigenvalue weighted by Crippen LogP contribution is -2.34. The fourth-order valence-electron chi connectivity index (χ4n) is 1.99. The molecular formula is C11H17N3OS. The molecule has 2 rings (SSSR count). The van der Waals surface area contributed by atoms with E-state index >= 15 is 0 Å². The molecule has 0 bridgehead atoms. The highest BCUT2D eigenvalue weighted by atomic mass is 32.1. The zero-order valence-corrected chi connectivity index (χ0v) is 10.2. The van der Waals surface area contributed by atoms with Crippen LogP contribution in [0.25, 0.3) is 0 Å². The molecule has 1 saturated heterocycles. The van der Waals surface area contributed by atoms with Gasteiger partial charge in [-0.3, -0.25) is 4.79 Å². The van der Waals surface area contributed by atoms with Crippen LogP contribution in [0.2, 0.25) is 0 Å². The van der Waals surface area contributed by atoms with Gasteiger partial charge in [0, 0.05) is 30.6 Å². The Kier molecular flexibility index (Phi) is 3.90. The van der Waals surface area contributed by atoms with E-state index in [1.54, 1.807) is 11.3 Å². The lowest BCUT2D eigenvalue weighted by molar-refractivity contribution is -0.121. The number of hydrogen-bond donors (Lipinski definition) is 2. The number of amides is 1. The van der Waals surface area contributed by atoms with Gasteiger partial charge in [0.25, 0.3) is 0 Å². The smallest absolute Gasteiger partial charge is 0.221 e. The van der Waals surface area contributed by atoms with Crippen LogP contribution >= 0.6 is 11.3 Å². The van der Waals surface area contributed by atoms with Crippen molar-refractivity contribution in [2.24, 2.45) is 0 Å². The molecule has 1 aromatic rings. The van der Waals surface area contributed by atoms with Crippen LogP contribution in [0.5, 0.6) is 0 Å². The molecule has 0 aromatic carbocycles. The van der Waals surface area contributed by atoms with E-state index in [-0.39, 0.29) is 18.0 Å². The van der Waals surface area contributed by atoms with Crippen LogP contribution in [0.4, 0.5) is 0 Å². The van der Waals surface area contributed by atoms with Crippen LogP contribution in [-0.2, 0) is 4.79 Å². The van der Waals surface area contributed by atoms with Gasteiger partial charge in [-0.05, 0) is 19.8 Å². The summed E-state index contributed by atoms with van der Waals surface area (Å²) in [5, 5.41) is 9.44. The van der Waals surface area contributed by atoms with E-state index in [9.17, 15) is 4.79 Å². The van der Waals surface area contributed by atoms with Gasteiger partial charge >= 0.3 is 0 Å². The summed E-state index contributed by atoms with van der Waals surface area (Å²) in [7, 11) is 0. The standard InChI is InChI=1S/C11H17N3OS/c1-8(11-13-5-6-16-11)14-9-3-2-4-12-10(15)7-9/h5-6,8-9,14H,2-4,7H2,1H3,(H,12,15). The molecule has 2 unspecified atom stereocenters. The Labute approximate surface area is 99.5 Å². The summed E-state index contributed by atoms with van der Waals surface area (Å²) in [4.78, 5) is 15.7. The Morgan fingerprint density at radius 1 is 1.69 bits per heavy atom. The summed E-state index contributed by atoms with van der Waals surface area (Å²) in [6.07, 6.45) is 4.50. The quantitative estimate of drug-likeness (QED) is 0.839. The highest BCUT2D eigenvalue weighted by Gasteiger charge is 2.20. The summed E-state index contributed by atoms with van der Waals surface area (Å²) in [6.45, 7) is 2.91. The number of rotatable bonds is 3. The van der Waals surface area contributed by atoms with Crippen LogP contribution in [0, 0.1) is 0 Å². The van der Waals surface area contributed by atoms with Crippen LogP contribution in [0.15, 0.2) is 11.6 Å². The predicted molar refractivity (Wildman–Crippen MR) is 64.3 cm³/mol. The summed E-state index contributed by atoms with van der Waals surface area (Å²) < 4.78 is 0. The average molecular weight is 239 g/mol. The van der Waals surface area contributed by atoms with Crippen molar-refractivity contribution in [3.05, 3.63) is 16.6 Å². The molecule has 1 aromatic heterocycles. The fraction of sp³-hybridized carbons (Fsp3) is 0.636. The minimum atomic E-state index is 0.154. The van der Waals surface area contributed by atoms with Gasteiger partial charge in [0.1, 0.15) is 5.01 Å². The largest absolute Gasteiger partial charge is 0.356 e. The van der Waals surface area contributed by atoms with E-state index in [4.69, 9.17) is 0 Å². The van der Waals surface area contributed by atoms with Crippen LogP contribution in [-0.4, -0.2) is 23.5 Å². The number of carbonyl (C=O) groups excluding carboxylic acids is 1. The Morgan fingerprint density at radius 3 is 3.31 bits per heavy atom. The maximum absolute atomic E-state index is 11.4. The highest BCUT2D eigenvalue weighted by molar-refractivity contribution is 7.09. The number of aromatic nitrogens is 1. The molecule has 88 valence electrons. The minimum absolute atomic E-state index is 0.154. The average Bonchev–Trinajstić information content (AvgIpc) is 2.70. The van der Waals surface area contributed by atoms with Crippen molar-refractivity contribution in [1.82, 2.24) is 15.6 Å². The summed E-state index contributed by atoms with van der Waals surface area (Å²) in [6, 6.07) is 0.511. The van der Waals surface area contributed by atoms with E-state index in [1.807, 2.05) is 11.6 Å². The van der Waals surface area contributed by atoms with Crippen LogP contribution < -0.4 is 10.6 Å². The molecule has 1 amide bonds. The molecule has 0 saturated carbocycles. The molecule has 1 fully saturated rings. The van der Waals surface area contributed by atoms with Gasteiger partial charge in [0.2, 0.25) is 5.91 Å². The molecule has 1 aliphatic rings. The first-order valence-corrected chi connectivity index (χ1v) is 6.56. The molecule has 4 nitrogen and oxygen atoms in total. The molecule has 2 N–H and O–H groups in total. The Bertz CT molecular complexity index is 339. The van der Waals surface area contributed by atoms with E-state index < -0.39 is 0 Å². The Balaban J connectivity index is 1.90. The Hall–Kier alpha value is -0.940. The zero-order valence-electron chi connectivity index (χ0n) is 9.40. The monoisotopic (exact) mass is 239 g/mol. The fourth-order valence-corrected chi connectivity index (χ4v) is 2.64. The molecule has 1 aliphatic heterocycles. The lowest BCUT2D eigenvalue weighted by Gasteiger charge is -2.19. The minimum Gasteiger partial charge on any atom is -0.356 e. The van der Waals surface area contributed by atoms with Gasteiger partial charge in [-0.15, -0.1) is 11.3 Å². The summed E-state index contributed by atoms with van der Waals surface area (Å²) in [5.74, 6) is 0.154. The highest BCUT2D eigenvalue weighted by Crippen LogP contribution is 2.17. The van der Waals surface area contributed by atoms with Gasteiger partial charge < -0.3 is 10.6 Å². The normalized spacial score (nSPS) is 23.6. The first-order chi connectivity index (χ1) is 7.75. The topological polar surface area (TPSA) is 54.0 Å². The molecule has 0 aliphatic carbocycles. The van der Waals surface area contributed by atoms with Crippen molar-refractivity contribution in [2.45, 2.75) is 38.3 Å². The van der Waals surface area contributed by atoms with Crippen LogP contribution in [0.1, 0.15) is 37.2 Å². The van der Waals surface area contributed by atoms with Gasteiger partial charge in [0.05, 0.1) is 6.04 Å². The van der Waals surface area contributed by atoms with Gasteiger partial charge in [-0.1, -0.05) is 0 Å². The van der Waals surface area contributed by atoms with Gasteiger partial charge in [-0.2, -0.15) is 0 Å². The van der Waals surface area contributed by atoms with Crippen molar-refractivity contribution >= 4 is 17.2 Å². The molecule has 16 heavy (non-hydrogen) atoms. The maximum Gasteiger partial charge on any atom is 0.221 e. The predicted octanol–water partition coefficient (Wildman–Crippen LogP) is 1.46. The lowest BCUT2D eigenvalue weighted by atomic mass is 10.1. The van der Waals surface area contributed by atoms with Crippen LogP contribution in [0.3, 0.4) is 0 Å². The second-order valence-corrected chi connectivity index (χ2v) is 5.08. The van der Waals surface area contributed by atoms with E-state index in [2.05, 4.69) is 22.5 Å². The molecule has 2 atom stereocenters. The number of hydrogen-bond acceptors (Lipinski definition) is 4. The Morgan fingerprint density at radius 2 is 2.56 bits per heavy atom. The van der Waals surface area contributed by atoms with E-state index in [0.29, 0.717) is 6.42 Å². The number of nitrogens with zero attached hydrogens (tertiary/aromatic N) is 1. The van der Waals surface area contributed by atoms with Gasteiger partial charge in [0.15, 0.2) is 0 Å². The molecular weight excluding hydrogens is 222 g/mol. The van der Waals surface area contributed by atoms with Crippen molar-refractivity contribution in [3.8, 4) is 0 Å². The zero-order chi connectivity index (χ0) is 11.4. The van der Waals surface area contributed by atoms with Crippen molar-refractivity contribution < 1.29 is 4.79 Å². The maximum atomic E-state index is 11.4. The third-order valence-corrected chi connectivity index (χ3v) is 3.75. The summed E-state index contributed by atoms with van der Waals surface area (Å²) >= 11 is 1.65. The third-order valence-electron chi connectivity index (χ3n) is 2.79. The number of nitrogens with one attached hydrogen (secondary N) is 2. The first kappa shape index (κ1) is 11.5. The second-order valence-electron chi connectivity index (χ2n) is 4.15. The van der Waals surface area contributed by atoms with Crippen molar-refractivity contribution in [1.29, 1.82) is 0 Å². The molecule has 2 heterocycles. The molecule has 0 radical (unpaired) electrons. The number of thiazole rings is 1. The molecule has 0 spiro atoms. The second kappa shape index (κ2) is 5.41. The van der Waals surface area contributed by atoms with Crippen molar-refractivity contribution in [3.63, 3.8) is 0 Å². The van der Waals surface area contributed by atoms with Gasteiger partial charge in [-0.25, -0.2) is 4.98 Å².